The summed E-state index contributed by atoms with van der Waals surface area (Å²) >= 11 is 0. The molecule has 3 aromatic heterocycles. The molecule has 3 aromatic rings. The van der Waals surface area contributed by atoms with Gasteiger partial charge >= 0.3 is 0 Å². The van der Waals surface area contributed by atoms with Gasteiger partial charge in [0, 0.05) is 62.0 Å². The largest absolute Gasteiger partial charge is 0.354 e. The number of hydrogen-bond acceptors (Lipinski definition) is 6. The highest BCUT2D eigenvalue weighted by Gasteiger charge is 2.21. The molecule has 1 saturated heterocycles. The van der Waals surface area contributed by atoms with Gasteiger partial charge in [0.15, 0.2) is 5.65 Å². The smallest absolute Gasteiger partial charge is 0.266 e. The molecule has 8 heteroatoms. The Balaban J connectivity index is 1.41. The zero-order valence-corrected chi connectivity index (χ0v) is 18.6. The van der Waals surface area contributed by atoms with Gasteiger partial charge in [-0.15, -0.1) is 0 Å². The second-order valence-electron chi connectivity index (χ2n) is 9.17. The summed E-state index contributed by atoms with van der Waals surface area (Å²) in [5, 5.41) is 9.20. The summed E-state index contributed by atoms with van der Waals surface area (Å²) in [5.41, 5.74) is 3.71. The van der Waals surface area contributed by atoms with Crippen LogP contribution in [0.5, 0.6) is 0 Å². The van der Waals surface area contributed by atoms with Gasteiger partial charge < -0.3 is 4.90 Å². The number of fused-ring (bicyclic) bond motifs is 1. The van der Waals surface area contributed by atoms with E-state index in [9.17, 15) is 4.79 Å². The monoisotopic (exact) mass is 409 g/mol. The molecule has 1 fully saturated rings. The molecule has 0 spiro atoms. The lowest BCUT2D eigenvalue weighted by Crippen LogP contribution is -2.48. The lowest BCUT2D eigenvalue weighted by Gasteiger charge is -2.36. The van der Waals surface area contributed by atoms with E-state index < -0.39 is 0 Å². The highest BCUT2D eigenvalue weighted by molar-refractivity contribution is 5.52. The Morgan fingerprint density at radius 2 is 1.67 bits per heavy atom. The summed E-state index contributed by atoms with van der Waals surface area (Å²) in [6, 6.07) is 7.60. The first kappa shape index (κ1) is 20.5. The van der Waals surface area contributed by atoms with E-state index in [1.807, 2.05) is 30.5 Å². The number of anilines is 1. The van der Waals surface area contributed by atoms with Crippen molar-refractivity contribution in [2.75, 3.05) is 37.6 Å². The van der Waals surface area contributed by atoms with Crippen LogP contribution in [0.15, 0.2) is 29.1 Å². The Bertz CT molecular complexity index is 1100. The fourth-order valence-electron chi connectivity index (χ4n) is 3.87. The van der Waals surface area contributed by atoms with Crippen molar-refractivity contribution < 1.29 is 0 Å². The first-order valence-electron chi connectivity index (χ1n) is 10.6. The fraction of sp³-hybridized carbons (Fsp3) is 0.545. The van der Waals surface area contributed by atoms with Crippen molar-refractivity contribution in [2.45, 2.75) is 46.6 Å². The van der Waals surface area contributed by atoms with Crippen LogP contribution >= 0.6 is 0 Å². The average Bonchev–Trinajstić information content (AvgIpc) is 3.06. The highest BCUT2D eigenvalue weighted by atomic mass is 16.1. The van der Waals surface area contributed by atoms with E-state index in [-0.39, 0.29) is 11.0 Å². The molecule has 0 atom stereocenters. The van der Waals surface area contributed by atoms with Gasteiger partial charge in [0.1, 0.15) is 5.82 Å². The molecule has 0 N–H and O–H groups in total. The van der Waals surface area contributed by atoms with Crippen molar-refractivity contribution in [3.8, 4) is 0 Å². The number of piperazine rings is 1. The number of aryl methyl sites for hydroxylation is 2. The lowest BCUT2D eigenvalue weighted by molar-refractivity contribution is 0.241. The molecule has 30 heavy (non-hydrogen) atoms. The van der Waals surface area contributed by atoms with Crippen LogP contribution in [0.3, 0.4) is 0 Å². The van der Waals surface area contributed by atoms with Crippen LogP contribution < -0.4 is 10.5 Å². The van der Waals surface area contributed by atoms with Crippen molar-refractivity contribution in [1.82, 2.24) is 29.3 Å². The van der Waals surface area contributed by atoms with Gasteiger partial charge in [0.2, 0.25) is 0 Å². The van der Waals surface area contributed by atoms with E-state index in [2.05, 4.69) is 51.8 Å². The zero-order chi connectivity index (χ0) is 21.5. The van der Waals surface area contributed by atoms with Gasteiger partial charge in [0.05, 0.1) is 17.9 Å². The standard InChI is InChI=1S/C22H31N7O/c1-16-15-20(29-19(23-16)14-17(2)24-29)27-11-8-26(9-12-27)10-13-28-21(30)7-6-18(25-28)22(3,4)5/h6-7,14-15H,8-13H2,1-5H3. The van der Waals surface area contributed by atoms with Crippen molar-refractivity contribution >= 4 is 11.5 Å². The quantitative estimate of drug-likeness (QED) is 0.657. The molecule has 1 aliphatic heterocycles. The Kier molecular flexibility index (Phi) is 5.36. The second-order valence-corrected chi connectivity index (χ2v) is 9.17. The van der Waals surface area contributed by atoms with Crippen molar-refractivity contribution in [2.24, 2.45) is 0 Å². The summed E-state index contributed by atoms with van der Waals surface area (Å²) < 4.78 is 3.55. The Morgan fingerprint density at radius 1 is 0.933 bits per heavy atom. The van der Waals surface area contributed by atoms with E-state index in [0.29, 0.717) is 6.54 Å². The van der Waals surface area contributed by atoms with Gasteiger partial charge in [0.25, 0.3) is 5.56 Å². The molecule has 0 amide bonds. The molecule has 0 saturated carbocycles. The third kappa shape index (κ3) is 4.23. The molecule has 1 aliphatic rings. The van der Waals surface area contributed by atoms with E-state index in [1.165, 1.54) is 0 Å². The Morgan fingerprint density at radius 3 is 2.37 bits per heavy atom. The third-order valence-corrected chi connectivity index (χ3v) is 5.62. The highest BCUT2D eigenvalue weighted by Crippen LogP contribution is 2.20. The maximum atomic E-state index is 12.2. The molecule has 4 rings (SSSR count). The molecule has 4 heterocycles. The number of rotatable bonds is 4. The first-order valence-corrected chi connectivity index (χ1v) is 10.6. The minimum atomic E-state index is -0.0695. The molecule has 0 unspecified atom stereocenters. The first-order chi connectivity index (χ1) is 14.2. The minimum Gasteiger partial charge on any atom is -0.354 e. The van der Waals surface area contributed by atoms with Crippen molar-refractivity contribution in [3.63, 3.8) is 0 Å². The fourth-order valence-corrected chi connectivity index (χ4v) is 3.87. The van der Waals surface area contributed by atoms with Crippen molar-refractivity contribution in [1.29, 1.82) is 0 Å². The van der Waals surface area contributed by atoms with Crippen LogP contribution in [0.2, 0.25) is 0 Å². The van der Waals surface area contributed by atoms with E-state index in [4.69, 9.17) is 0 Å². The van der Waals surface area contributed by atoms with Gasteiger partial charge in [-0.25, -0.2) is 9.67 Å². The van der Waals surface area contributed by atoms with Gasteiger partial charge in [-0.1, -0.05) is 20.8 Å². The summed E-state index contributed by atoms with van der Waals surface area (Å²) in [6.07, 6.45) is 0. The van der Waals surface area contributed by atoms with Gasteiger partial charge in [-0.05, 0) is 19.9 Å². The molecule has 160 valence electrons. The van der Waals surface area contributed by atoms with Crippen LogP contribution in [0.25, 0.3) is 5.65 Å². The van der Waals surface area contributed by atoms with Crippen LogP contribution in [0.4, 0.5) is 5.82 Å². The molecular formula is C22H31N7O. The summed E-state index contributed by atoms with van der Waals surface area (Å²) in [7, 11) is 0. The SMILES string of the molecule is Cc1cc(N2CCN(CCn3nc(C(C)(C)C)ccc3=O)CC2)n2nc(C)cc2n1. The maximum Gasteiger partial charge on any atom is 0.266 e. The molecular weight excluding hydrogens is 378 g/mol. The van der Waals surface area contributed by atoms with Crippen molar-refractivity contribution in [3.05, 3.63) is 51.7 Å². The Labute approximate surface area is 177 Å². The molecule has 0 aliphatic carbocycles. The maximum absolute atomic E-state index is 12.2. The number of hydrogen-bond donors (Lipinski definition) is 0. The predicted molar refractivity (Wildman–Crippen MR) is 118 cm³/mol. The predicted octanol–water partition coefficient (Wildman–Crippen LogP) is 2.02. The van der Waals surface area contributed by atoms with Gasteiger partial charge in [-0.2, -0.15) is 14.7 Å². The topological polar surface area (TPSA) is 71.6 Å². The molecule has 8 nitrogen and oxygen atoms in total. The molecule has 0 radical (unpaired) electrons. The normalized spacial score (nSPS) is 15.8. The zero-order valence-electron chi connectivity index (χ0n) is 18.6. The second kappa shape index (κ2) is 7.83. The van der Waals surface area contributed by atoms with E-state index in [1.54, 1.807) is 10.7 Å². The van der Waals surface area contributed by atoms with Crippen LogP contribution in [0.1, 0.15) is 37.9 Å². The summed E-state index contributed by atoms with van der Waals surface area (Å²) in [5.74, 6) is 1.10. The number of aromatic nitrogens is 5. The van der Waals surface area contributed by atoms with Gasteiger partial charge in [-0.3, -0.25) is 9.69 Å². The summed E-state index contributed by atoms with van der Waals surface area (Å²) in [4.78, 5) is 21.6. The third-order valence-electron chi connectivity index (χ3n) is 5.62. The summed E-state index contributed by atoms with van der Waals surface area (Å²) in [6.45, 7) is 15.5. The minimum absolute atomic E-state index is 0.0367. The molecule has 0 bridgehead atoms. The Hall–Kier alpha value is -2.74. The van der Waals surface area contributed by atoms with E-state index in [0.717, 1.165) is 61.3 Å². The molecule has 0 aromatic carbocycles. The van der Waals surface area contributed by atoms with Crippen LogP contribution in [-0.4, -0.2) is 62.0 Å². The van der Waals surface area contributed by atoms with Crippen LogP contribution in [0, 0.1) is 13.8 Å². The number of nitrogens with zero attached hydrogens (tertiary/aromatic N) is 7. The lowest BCUT2D eigenvalue weighted by atomic mass is 9.92. The van der Waals surface area contributed by atoms with Crippen LogP contribution in [-0.2, 0) is 12.0 Å². The van der Waals surface area contributed by atoms with E-state index >= 15 is 0 Å². The average molecular weight is 410 g/mol.